The van der Waals surface area contributed by atoms with Crippen molar-refractivity contribution in [3.05, 3.63) is 0 Å². The van der Waals surface area contributed by atoms with Crippen LogP contribution in [0.4, 0.5) is 0 Å². The van der Waals surface area contributed by atoms with Crippen LogP contribution in [-0.2, 0) is 9.47 Å². The number of ether oxygens (including phenoxy) is 2. The highest BCUT2D eigenvalue weighted by atomic mass is 16.5. The standard InChI is InChI=1S/C9H19NO2/c1-7(2)5-12-9-6-11-4-3-8(9)10/h7-9H,3-6,10H2,1-2H3. The predicted octanol–water partition coefficient (Wildman–Crippen LogP) is 0.775. The Hall–Kier alpha value is -0.120. The van der Waals surface area contributed by atoms with E-state index in [9.17, 15) is 0 Å². The smallest absolute Gasteiger partial charge is 0.0959 e. The lowest BCUT2D eigenvalue weighted by Gasteiger charge is -2.29. The van der Waals surface area contributed by atoms with Crippen LogP contribution in [0.5, 0.6) is 0 Å². The molecule has 2 N–H and O–H groups in total. The minimum atomic E-state index is 0.112. The second kappa shape index (κ2) is 4.80. The van der Waals surface area contributed by atoms with Crippen LogP contribution < -0.4 is 5.73 Å². The largest absolute Gasteiger partial charge is 0.379 e. The van der Waals surface area contributed by atoms with Crippen LogP contribution >= 0.6 is 0 Å². The van der Waals surface area contributed by atoms with Crippen molar-refractivity contribution in [2.45, 2.75) is 32.4 Å². The molecule has 3 nitrogen and oxygen atoms in total. The highest BCUT2D eigenvalue weighted by Crippen LogP contribution is 2.10. The summed E-state index contributed by atoms with van der Waals surface area (Å²) in [5.41, 5.74) is 5.86. The van der Waals surface area contributed by atoms with Gasteiger partial charge in [-0.05, 0) is 12.3 Å². The van der Waals surface area contributed by atoms with E-state index in [0.717, 1.165) is 19.6 Å². The molecular weight excluding hydrogens is 154 g/mol. The number of nitrogens with two attached hydrogens (primary N) is 1. The zero-order chi connectivity index (χ0) is 8.97. The molecule has 0 amide bonds. The molecule has 0 aromatic carbocycles. The third-order valence-electron chi connectivity index (χ3n) is 2.00. The maximum absolute atomic E-state index is 5.86. The fraction of sp³-hybridized carbons (Fsp3) is 1.00. The minimum Gasteiger partial charge on any atom is -0.379 e. The van der Waals surface area contributed by atoms with E-state index < -0.39 is 0 Å². The van der Waals surface area contributed by atoms with Gasteiger partial charge >= 0.3 is 0 Å². The van der Waals surface area contributed by atoms with Gasteiger partial charge in [0.05, 0.1) is 12.7 Å². The second-order valence-electron chi connectivity index (χ2n) is 3.79. The molecule has 1 aliphatic heterocycles. The van der Waals surface area contributed by atoms with E-state index in [4.69, 9.17) is 15.2 Å². The summed E-state index contributed by atoms with van der Waals surface area (Å²) in [7, 11) is 0. The van der Waals surface area contributed by atoms with Gasteiger partial charge < -0.3 is 15.2 Å². The Bertz CT molecular complexity index is 128. The second-order valence-corrected chi connectivity index (χ2v) is 3.79. The molecule has 3 heteroatoms. The van der Waals surface area contributed by atoms with E-state index in [1.807, 2.05) is 0 Å². The molecule has 2 atom stereocenters. The van der Waals surface area contributed by atoms with E-state index >= 15 is 0 Å². The first-order chi connectivity index (χ1) is 5.70. The maximum atomic E-state index is 5.86. The van der Waals surface area contributed by atoms with Gasteiger partial charge in [0.25, 0.3) is 0 Å². The third-order valence-corrected chi connectivity index (χ3v) is 2.00. The van der Waals surface area contributed by atoms with Crippen molar-refractivity contribution in [1.82, 2.24) is 0 Å². The molecule has 1 fully saturated rings. The van der Waals surface area contributed by atoms with Crippen LogP contribution in [0, 0.1) is 5.92 Å². The van der Waals surface area contributed by atoms with Gasteiger partial charge in [0.15, 0.2) is 0 Å². The summed E-state index contributed by atoms with van der Waals surface area (Å²) in [5, 5.41) is 0. The van der Waals surface area contributed by atoms with Crippen molar-refractivity contribution < 1.29 is 9.47 Å². The quantitative estimate of drug-likeness (QED) is 0.685. The summed E-state index contributed by atoms with van der Waals surface area (Å²) in [5.74, 6) is 0.569. The lowest BCUT2D eigenvalue weighted by atomic mass is 10.1. The van der Waals surface area contributed by atoms with E-state index in [1.54, 1.807) is 0 Å². The summed E-state index contributed by atoms with van der Waals surface area (Å²) in [6, 6.07) is 0.164. The monoisotopic (exact) mass is 173 g/mol. The fourth-order valence-corrected chi connectivity index (χ4v) is 1.22. The van der Waals surface area contributed by atoms with Crippen molar-refractivity contribution in [1.29, 1.82) is 0 Å². The van der Waals surface area contributed by atoms with Gasteiger partial charge in [0.2, 0.25) is 0 Å². The van der Waals surface area contributed by atoms with Crippen molar-refractivity contribution in [3.63, 3.8) is 0 Å². The molecule has 72 valence electrons. The molecule has 0 bridgehead atoms. The maximum Gasteiger partial charge on any atom is 0.0959 e. The van der Waals surface area contributed by atoms with Crippen LogP contribution in [0.1, 0.15) is 20.3 Å². The molecule has 0 aromatic heterocycles. The Morgan fingerprint density at radius 2 is 2.33 bits per heavy atom. The molecule has 1 saturated heterocycles. The Morgan fingerprint density at radius 1 is 1.58 bits per heavy atom. The van der Waals surface area contributed by atoms with Crippen LogP contribution in [0.2, 0.25) is 0 Å². The zero-order valence-electron chi connectivity index (χ0n) is 7.95. The Balaban J connectivity index is 2.20. The van der Waals surface area contributed by atoms with E-state index in [1.165, 1.54) is 0 Å². The molecular formula is C9H19NO2. The molecule has 0 aliphatic carbocycles. The van der Waals surface area contributed by atoms with Gasteiger partial charge in [-0.25, -0.2) is 0 Å². The first kappa shape index (κ1) is 9.96. The van der Waals surface area contributed by atoms with E-state index in [-0.39, 0.29) is 12.1 Å². The van der Waals surface area contributed by atoms with E-state index in [2.05, 4.69) is 13.8 Å². The Morgan fingerprint density at radius 3 is 2.92 bits per heavy atom. The van der Waals surface area contributed by atoms with Gasteiger partial charge in [0.1, 0.15) is 0 Å². The zero-order valence-corrected chi connectivity index (χ0v) is 7.95. The minimum absolute atomic E-state index is 0.112. The highest BCUT2D eigenvalue weighted by Gasteiger charge is 2.22. The summed E-state index contributed by atoms with van der Waals surface area (Å²) < 4.78 is 10.9. The lowest BCUT2D eigenvalue weighted by molar-refractivity contribution is -0.0677. The molecule has 1 heterocycles. The first-order valence-electron chi connectivity index (χ1n) is 4.65. The van der Waals surface area contributed by atoms with Gasteiger partial charge in [0, 0.05) is 19.3 Å². The van der Waals surface area contributed by atoms with Gasteiger partial charge in [-0.1, -0.05) is 13.8 Å². The third kappa shape index (κ3) is 3.09. The van der Waals surface area contributed by atoms with Crippen molar-refractivity contribution in [2.75, 3.05) is 19.8 Å². The summed E-state index contributed by atoms with van der Waals surface area (Å²) >= 11 is 0. The molecule has 1 rings (SSSR count). The van der Waals surface area contributed by atoms with Gasteiger partial charge in [-0.2, -0.15) is 0 Å². The molecule has 0 saturated carbocycles. The van der Waals surface area contributed by atoms with Crippen molar-refractivity contribution in [3.8, 4) is 0 Å². The van der Waals surface area contributed by atoms with E-state index in [0.29, 0.717) is 12.5 Å². The molecule has 0 spiro atoms. The predicted molar refractivity (Wildman–Crippen MR) is 48.0 cm³/mol. The summed E-state index contributed by atoms with van der Waals surface area (Å²) in [6.07, 6.45) is 1.03. The topological polar surface area (TPSA) is 44.5 Å². The molecule has 0 aromatic rings. The fourth-order valence-electron chi connectivity index (χ4n) is 1.22. The molecule has 0 radical (unpaired) electrons. The Kier molecular flexibility index (Phi) is 3.98. The highest BCUT2D eigenvalue weighted by molar-refractivity contribution is 4.76. The first-order valence-corrected chi connectivity index (χ1v) is 4.65. The van der Waals surface area contributed by atoms with Crippen molar-refractivity contribution in [2.24, 2.45) is 11.7 Å². The number of hydrogen-bond donors (Lipinski definition) is 1. The van der Waals surface area contributed by atoms with Crippen molar-refractivity contribution >= 4 is 0 Å². The average Bonchev–Trinajstić information content (AvgIpc) is 2.03. The molecule has 12 heavy (non-hydrogen) atoms. The van der Waals surface area contributed by atoms with Gasteiger partial charge in [-0.15, -0.1) is 0 Å². The van der Waals surface area contributed by atoms with Crippen LogP contribution in [0.15, 0.2) is 0 Å². The lowest BCUT2D eigenvalue weighted by Crippen LogP contribution is -2.45. The normalized spacial score (nSPS) is 31.0. The SMILES string of the molecule is CC(C)COC1COCCC1N. The Labute approximate surface area is 74.2 Å². The van der Waals surface area contributed by atoms with Crippen LogP contribution in [0.25, 0.3) is 0 Å². The summed E-state index contributed by atoms with van der Waals surface area (Å²) in [4.78, 5) is 0. The summed E-state index contributed by atoms with van der Waals surface area (Å²) in [6.45, 7) is 6.49. The van der Waals surface area contributed by atoms with Crippen LogP contribution in [-0.4, -0.2) is 32.0 Å². The molecule has 2 unspecified atom stereocenters. The number of hydrogen-bond acceptors (Lipinski definition) is 3. The number of rotatable bonds is 3. The van der Waals surface area contributed by atoms with Crippen LogP contribution in [0.3, 0.4) is 0 Å². The average molecular weight is 173 g/mol. The van der Waals surface area contributed by atoms with Gasteiger partial charge in [-0.3, -0.25) is 0 Å². The molecule has 1 aliphatic rings.